The quantitative estimate of drug-likeness (QED) is 0.322. The van der Waals surface area contributed by atoms with Crippen LogP contribution in [0.2, 0.25) is 0 Å². The van der Waals surface area contributed by atoms with E-state index < -0.39 is 0 Å². The first-order chi connectivity index (χ1) is 16.1. The number of hydrogen-bond donors (Lipinski definition) is 0. The van der Waals surface area contributed by atoms with Crippen LogP contribution in [-0.2, 0) is 24.3 Å². The minimum absolute atomic E-state index is 0.00000634. The number of ether oxygens (including phenoxy) is 1. The Balaban J connectivity index is 1.50. The Kier molecular flexibility index (Phi) is 7.47. The van der Waals surface area contributed by atoms with Crippen molar-refractivity contribution in [2.75, 3.05) is 19.9 Å². The van der Waals surface area contributed by atoms with Crippen LogP contribution in [0.4, 0.5) is 0 Å². The van der Waals surface area contributed by atoms with Crippen molar-refractivity contribution < 1.29 is 13.9 Å². The molecule has 0 N–H and O–H groups in total. The maximum absolute atomic E-state index is 12.7. The van der Waals surface area contributed by atoms with E-state index in [9.17, 15) is 4.79 Å². The van der Waals surface area contributed by atoms with Gasteiger partial charge in [0, 0.05) is 19.2 Å². The van der Waals surface area contributed by atoms with Gasteiger partial charge in [0.2, 0.25) is 5.91 Å². The number of amides is 1. The Hall–Kier alpha value is -3.52. The molecule has 0 atom stereocenters. The molecule has 0 radical (unpaired) electrons. The number of rotatable bonds is 10. The fourth-order valence-corrected chi connectivity index (χ4v) is 4.30. The van der Waals surface area contributed by atoms with Gasteiger partial charge in [0.05, 0.1) is 25.7 Å². The Bertz CT molecular complexity index is 1160. The molecule has 170 valence electrons. The topological polar surface area (TPSA) is 73.4 Å². The monoisotopic (exact) mass is 462 g/mol. The SMILES string of the molecule is COc1ccc(-c2nnc(SCC(=O)N(C)Cc3ccco3)n2CCc2ccccc2)cc1. The van der Waals surface area contributed by atoms with Gasteiger partial charge in [-0.1, -0.05) is 42.1 Å². The Morgan fingerprint density at radius 2 is 1.85 bits per heavy atom. The van der Waals surface area contributed by atoms with E-state index >= 15 is 0 Å². The predicted octanol–water partition coefficient (Wildman–Crippen LogP) is 4.54. The summed E-state index contributed by atoms with van der Waals surface area (Å²) in [5.41, 5.74) is 2.18. The van der Waals surface area contributed by atoms with E-state index in [4.69, 9.17) is 9.15 Å². The van der Waals surface area contributed by atoms with Crippen molar-refractivity contribution in [1.82, 2.24) is 19.7 Å². The largest absolute Gasteiger partial charge is 0.497 e. The minimum Gasteiger partial charge on any atom is -0.497 e. The van der Waals surface area contributed by atoms with Gasteiger partial charge in [0.15, 0.2) is 11.0 Å². The zero-order valence-corrected chi connectivity index (χ0v) is 19.5. The average Bonchev–Trinajstić information content (AvgIpc) is 3.51. The smallest absolute Gasteiger partial charge is 0.233 e. The molecule has 8 heteroatoms. The molecule has 2 heterocycles. The van der Waals surface area contributed by atoms with Gasteiger partial charge in [-0.05, 0) is 48.4 Å². The third-order valence-corrected chi connectivity index (χ3v) is 6.21. The van der Waals surface area contributed by atoms with Crippen molar-refractivity contribution in [2.24, 2.45) is 0 Å². The van der Waals surface area contributed by atoms with Gasteiger partial charge in [-0.15, -0.1) is 10.2 Å². The third-order valence-electron chi connectivity index (χ3n) is 5.26. The van der Waals surface area contributed by atoms with E-state index in [1.54, 1.807) is 25.3 Å². The zero-order chi connectivity index (χ0) is 23.0. The predicted molar refractivity (Wildman–Crippen MR) is 128 cm³/mol. The molecule has 0 fully saturated rings. The van der Waals surface area contributed by atoms with Crippen LogP contribution >= 0.6 is 11.8 Å². The second-order valence-corrected chi connectivity index (χ2v) is 8.48. The highest BCUT2D eigenvalue weighted by Crippen LogP contribution is 2.26. The Labute approximate surface area is 197 Å². The lowest BCUT2D eigenvalue weighted by Gasteiger charge is -2.15. The highest BCUT2D eigenvalue weighted by molar-refractivity contribution is 7.99. The summed E-state index contributed by atoms with van der Waals surface area (Å²) in [5, 5.41) is 9.58. The number of aromatic nitrogens is 3. The van der Waals surface area contributed by atoms with Gasteiger partial charge >= 0.3 is 0 Å². The molecule has 0 saturated heterocycles. The molecular weight excluding hydrogens is 436 g/mol. The van der Waals surface area contributed by atoms with Crippen molar-refractivity contribution in [3.63, 3.8) is 0 Å². The number of carbonyl (C=O) groups is 1. The number of aryl methyl sites for hydroxylation is 1. The standard InChI is InChI=1S/C25H26N4O3S/c1-28(17-22-9-6-16-32-22)23(30)18-33-25-27-26-24(20-10-12-21(31-2)13-11-20)29(25)15-14-19-7-4-3-5-8-19/h3-13,16H,14-15,17-18H2,1-2H3. The van der Waals surface area contributed by atoms with Crippen LogP contribution in [0.25, 0.3) is 11.4 Å². The van der Waals surface area contributed by atoms with Gasteiger partial charge in [-0.25, -0.2) is 0 Å². The normalized spacial score (nSPS) is 10.8. The molecular formula is C25H26N4O3S. The first-order valence-corrected chi connectivity index (χ1v) is 11.6. The zero-order valence-electron chi connectivity index (χ0n) is 18.7. The van der Waals surface area contributed by atoms with Crippen LogP contribution in [-0.4, -0.2) is 45.5 Å². The molecule has 2 aromatic carbocycles. The summed E-state index contributed by atoms with van der Waals surface area (Å²) in [4.78, 5) is 14.3. The van der Waals surface area contributed by atoms with E-state index in [1.165, 1.54) is 17.3 Å². The number of methoxy groups -OCH3 is 1. The van der Waals surface area contributed by atoms with E-state index in [1.807, 2.05) is 54.6 Å². The minimum atomic E-state index is 0.00000634. The Morgan fingerprint density at radius 1 is 1.06 bits per heavy atom. The van der Waals surface area contributed by atoms with Crippen molar-refractivity contribution in [3.8, 4) is 17.1 Å². The van der Waals surface area contributed by atoms with E-state index in [0.29, 0.717) is 13.1 Å². The molecule has 0 aliphatic carbocycles. The van der Waals surface area contributed by atoms with Crippen LogP contribution < -0.4 is 4.74 Å². The number of benzene rings is 2. The van der Waals surface area contributed by atoms with Gasteiger partial charge < -0.3 is 18.6 Å². The molecule has 1 amide bonds. The third kappa shape index (κ3) is 5.84. The van der Waals surface area contributed by atoms with E-state index in [2.05, 4.69) is 26.9 Å². The van der Waals surface area contributed by atoms with Gasteiger partial charge in [-0.3, -0.25) is 4.79 Å². The molecule has 33 heavy (non-hydrogen) atoms. The highest BCUT2D eigenvalue weighted by Gasteiger charge is 2.18. The molecule has 0 bridgehead atoms. The molecule has 2 aromatic heterocycles. The molecule has 4 rings (SSSR count). The summed E-state index contributed by atoms with van der Waals surface area (Å²) in [7, 11) is 3.42. The number of hydrogen-bond acceptors (Lipinski definition) is 6. The lowest BCUT2D eigenvalue weighted by Crippen LogP contribution is -2.27. The first-order valence-electron chi connectivity index (χ1n) is 10.6. The fraction of sp³-hybridized carbons (Fsp3) is 0.240. The van der Waals surface area contributed by atoms with Crippen LogP contribution in [0.1, 0.15) is 11.3 Å². The molecule has 0 aliphatic rings. The first kappa shape index (κ1) is 22.7. The second-order valence-electron chi connectivity index (χ2n) is 7.54. The maximum Gasteiger partial charge on any atom is 0.233 e. The molecule has 7 nitrogen and oxygen atoms in total. The van der Waals surface area contributed by atoms with Crippen LogP contribution in [0.15, 0.2) is 82.6 Å². The van der Waals surface area contributed by atoms with Crippen molar-refractivity contribution in [2.45, 2.75) is 24.7 Å². The summed E-state index contributed by atoms with van der Waals surface area (Å²) in [6, 6.07) is 21.7. The summed E-state index contributed by atoms with van der Waals surface area (Å²) in [6.07, 6.45) is 2.44. The number of carbonyl (C=O) groups excluding carboxylic acids is 1. The highest BCUT2D eigenvalue weighted by atomic mass is 32.2. The molecule has 4 aromatic rings. The van der Waals surface area contributed by atoms with E-state index in [-0.39, 0.29) is 11.7 Å². The van der Waals surface area contributed by atoms with Gasteiger partial charge in [-0.2, -0.15) is 0 Å². The van der Waals surface area contributed by atoms with Crippen LogP contribution in [0.3, 0.4) is 0 Å². The molecule has 0 aliphatic heterocycles. The average molecular weight is 463 g/mol. The number of nitrogens with zero attached hydrogens (tertiary/aromatic N) is 4. The second kappa shape index (κ2) is 10.9. The van der Waals surface area contributed by atoms with Crippen molar-refractivity contribution >= 4 is 17.7 Å². The van der Waals surface area contributed by atoms with Crippen LogP contribution in [0.5, 0.6) is 5.75 Å². The molecule has 0 saturated carbocycles. The summed E-state index contributed by atoms with van der Waals surface area (Å²) in [6.45, 7) is 1.14. The summed E-state index contributed by atoms with van der Waals surface area (Å²) < 4.78 is 12.7. The number of thioether (sulfide) groups is 1. The Morgan fingerprint density at radius 3 is 2.55 bits per heavy atom. The van der Waals surface area contributed by atoms with Crippen molar-refractivity contribution in [1.29, 1.82) is 0 Å². The van der Waals surface area contributed by atoms with Crippen molar-refractivity contribution in [3.05, 3.63) is 84.3 Å². The summed E-state index contributed by atoms with van der Waals surface area (Å²) in [5.74, 6) is 2.58. The lowest BCUT2D eigenvalue weighted by atomic mass is 10.1. The van der Waals surface area contributed by atoms with Gasteiger partial charge in [0.25, 0.3) is 0 Å². The van der Waals surface area contributed by atoms with Gasteiger partial charge in [0.1, 0.15) is 11.5 Å². The molecule has 0 spiro atoms. The molecule has 0 unspecified atom stereocenters. The number of furan rings is 1. The maximum atomic E-state index is 12.7. The van der Waals surface area contributed by atoms with Crippen LogP contribution in [0, 0.1) is 0 Å². The van der Waals surface area contributed by atoms with E-state index in [0.717, 1.165) is 34.5 Å². The summed E-state index contributed by atoms with van der Waals surface area (Å²) >= 11 is 1.40. The lowest BCUT2D eigenvalue weighted by molar-refractivity contribution is -0.127. The fourth-order valence-electron chi connectivity index (χ4n) is 3.40.